The second kappa shape index (κ2) is 8.59. The average molecular weight is 378 g/mol. The van der Waals surface area contributed by atoms with Crippen LogP contribution in [0.1, 0.15) is 52.9 Å². The van der Waals surface area contributed by atoms with Gasteiger partial charge < -0.3 is 5.32 Å². The molecule has 29 heavy (non-hydrogen) atoms. The minimum absolute atomic E-state index is 0.616. The minimum Gasteiger partial charge on any atom is -0.324 e. The molecular formula is C25H22N4. The fraction of sp³-hybridized carbons (Fsp3) is 0.240. The smallest absolute Gasteiger partial charge is 0.227 e. The number of nitrogens with one attached hydrogen (secondary N) is 1. The Hall–Kier alpha value is -3.63. The van der Waals surface area contributed by atoms with E-state index in [0.717, 1.165) is 48.3 Å². The third-order valence-corrected chi connectivity index (χ3v) is 5.28. The van der Waals surface area contributed by atoms with E-state index in [2.05, 4.69) is 29.4 Å². The number of benzene rings is 2. The lowest BCUT2D eigenvalue weighted by molar-refractivity contribution is 0.708. The quantitative estimate of drug-likeness (QED) is 0.516. The summed E-state index contributed by atoms with van der Waals surface area (Å²) in [6.45, 7) is 0. The fourth-order valence-electron chi connectivity index (χ4n) is 3.72. The first-order chi connectivity index (χ1) is 14.2. The summed E-state index contributed by atoms with van der Waals surface area (Å²) in [7, 11) is 0. The molecule has 0 aliphatic heterocycles. The summed E-state index contributed by atoms with van der Waals surface area (Å²) in [6, 6.07) is 17.6. The van der Waals surface area contributed by atoms with E-state index in [1.54, 1.807) is 12.1 Å². The molecule has 0 fully saturated rings. The van der Waals surface area contributed by atoms with Crippen LogP contribution in [0.2, 0.25) is 0 Å². The van der Waals surface area contributed by atoms with Crippen molar-refractivity contribution in [3.8, 4) is 18.4 Å². The van der Waals surface area contributed by atoms with Gasteiger partial charge in [-0.15, -0.1) is 6.42 Å². The highest BCUT2D eigenvalue weighted by molar-refractivity contribution is 5.55. The number of nitrogens with zero attached hydrogens (tertiary/aromatic N) is 3. The molecule has 142 valence electrons. The van der Waals surface area contributed by atoms with Gasteiger partial charge in [-0.3, -0.25) is 0 Å². The maximum absolute atomic E-state index is 8.98. The highest BCUT2D eigenvalue weighted by atomic mass is 15.1. The Morgan fingerprint density at radius 3 is 2.34 bits per heavy atom. The van der Waals surface area contributed by atoms with Crippen molar-refractivity contribution in [1.82, 2.24) is 9.97 Å². The zero-order chi connectivity index (χ0) is 20.1. The fourth-order valence-corrected chi connectivity index (χ4v) is 3.72. The molecule has 0 spiro atoms. The van der Waals surface area contributed by atoms with Crippen LogP contribution < -0.4 is 5.32 Å². The molecule has 4 heteroatoms. The zero-order valence-electron chi connectivity index (χ0n) is 16.3. The van der Waals surface area contributed by atoms with E-state index in [1.807, 2.05) is 24.3 Å². The van der Waals surface area contributed by atoms with E-state index < -0.39 is 0 Å². The van der Waals surface area contributed by atoms with Gasteiger partial charge in [0.05, 0.1) is 17.3 Å². The number of fused-ring (bicyclic) bond motifs is 1. The third-order valence-electron chi connectivity index (χ3n) is 5.28. The lowest BCUT2D eigenvalue weighted by atomic mass is 10.00. The van der Waals surface area contributed by atoms with Crippen molar-refractivity contribution in [2.75, 3.05) is 5.32 Å². The molecule has 0 bridgehead atoms. The Bertz CT molecular complexity index is 1080. The van der Waals surface area contributed by atoms with Gasteiger partial charge in [0.1, 0.15) is 0 Å². The van der Waals surface area contributed by atoms with Gasteiger partial charge in [-0.25, -0.2) is 9.97 Å². The first-order valence-corrected chi connectivity index (χ1v) is 9.96. The Morgan fingerprint density at radius 2 is 1.62 bits per heavy atom. The lowest BCUT2D eigenvalue weighted by Crippen LogP contribution is -2.09. The molecule has 4 rings (SSSR count). The number of rotatable bonds is 4. The Morgan fingerprint density at radius 1 is 0.897 bits per heavy atom. The molecule has 1 heterocycles. The number of hydrogen-bond donors (Lipinski definition) is 1. The van der Waals surface area contributed by atoms with Crippen LogP contribution >= 0.6 is 0 Å². The molecule has 1 aromatic heterocycles. The summed E-state index contributed by atoms with van der Waals surface area (Å²) < 4.78 is 0. The van der Waals surface area contributed by atoms with Gasteiger partial charge in [0.25, 0.3) is 0 Å². The van der Waals surface area contributed by atoms with Gasteiger partial charge in [-0.05, 0) is 73.2 Å². The van der Waals surface area contributed by atoms with Crippen LogP contribution in [-0.2, 0) is 19.3 Å². The zero-order valence-corrected chi connectivity index (χ0v) is 16.3. The molecule has 0 amide bonds. The normalized spacial score (nSPS) is 12.9. The Balaban J connectivity index is 1.67. The highest BCUT2D eigenvalue weighted by Crippen LogP contribution is 2.26. The molecule has 2 aromatic carbocycles. The van der Waals surface area contributed by atoms with Crippen molar-refractivity contribution in [1.29, 1.82) is 5.26 Å². The maximum Gasteiger partial charge on any atom is 0.227 e. The van der Waals surface area contributed by atoms with Crippen LogP contribution in [-0.4, -0.2) is 9.97 Å². The molecule has 1 N–H and O–H groups in total. The molecule has 0 unspecified atom stereocenters. The monoisotopic (exact) mass is 378 g/mol. The predicted molar refractivity (Wildman–Crippen MR) is 115 cm³/mol. The predicted octanol–water partition coefficient (Wildman–Crippen LogP) is 4.93. The number of anilines is 2. The molecule has 3 aromatic rings. The standard InChI is InChI=1S/C25H22N4/c1-2-18-8-10-19(11-9-18)16-24-22-6-4-3-5-7-23(22)28-25(29-24)27-21-14-12-20(17-26)13-15-21/h1,8-15H,3-7,16H2,(H,27,28,29). The Labute approximate surface area is 171 Å². The van der Waals surface area contributed by atoms with Crippen molar-refractivity contribution in [3.05, 3.63) is 82.2 Å². The van der Waals surface area contributed by atoms with Crippen molar-refractivity contribution >= 4 is 11.6 Å². The van der Waals surface area contributed by atoms with Crippen LogP contribution in [0.5, 0.6) is 0 Å². The summed E-state index contributed by atoms with van der Waals surface area (Å²) in [5, 5.41) is 12.3. The maximum atomic E-state index is 8.98. The van der Waals surface area contributed by atoms with Gasteiger partial charge in [0.15, 0.2) is 0 Å². The van der Waals surface area contributed by atoms with Gasteiger partial charge in [-0.2, -0.15) is 5.26 Å². The van der Waals surface area contributed by atoms with Crippen LogP contribution in [0.15, 0.2) is 48.5 Å². The SMILES string of the molecule is C#Cc1ccc(Cc2nc(Nc3ccc(C#N)cc3)nc3c2CCCCC3)cc1. The molecule has 4 nitrogen and oxygen atoms in total. The molecule has 0 saturated heterocycles. The van der Waals surface area contributed by atoms with Crippen LogP contribution in [0, 0.1) is 23.7 Å². The number of aryl methyl sites for hydroxylation is 1. The molecule has 1 aliphatic carbocycles. The van der Waals surface area contributed by atoms with Gasteiger partial charge in [-0.1, -0.05) is 24.5 Å². The van der Waals surface area contributed by atoms with E-state index in [4.69, 9.17) is 21.7 Å². The summed E-state index contributed by atoms with van der Waals surface area (Å²) in [6.07, 6.45) is 11.8. The summed E-state index contributed by atoms with van der Waals surface area (Å²) in [4.78, 5) is 9.70. The van der Waals surface area contributed by atoms with E-state index in [0.29, 0.717) is 11.5 Å². The third kappa shape index (κ3) is 4.45. The lowest BCUT2D eigenvalue weighted by Gasteiger charge is -2.15. The average Bonchev–Trinajstić information content (AvgIpc) is 3.00. The van der Waals surface area contributed by atoms with Crippen LogP contribution in [0.4, 0.5) is 11.6 Å². The number of hydrogen-bond acceptors (Lipinski definition) is 4. The van der Waals surface area contributed by atoms with E-state index in [-0.39, 0.29) is 0 Å². The number of terminal acetylenes is 1. The second-order valence-corrected chi connectivity index (χ2v) is 7.31. The molecule has 1 aliphatic rings. The van der Waals surface area contributed by atoms with Crippen molar-refractivity contribution in [3.63, 3.8) is 0 Å². The Kier molecular flexibility index (Phi) is 5.54. The largest absolute Gasteiger partial charge is 0.324 e. The van der Waals surface area contributed by atoms with Crippen molar-refractivity contribution < 1.29 is 0 Å². The second-order valence-electron chi connectivity index (χ2n) is 7.31. The van der Waals surface area contributed by atoms with Crippen LogP contribution in [0.3, 0.4) is 0 Å². The van der Waals surface area contributed by atoms with E-state index >= 15 is 0 Å². The highest BCUT2D eigenvalue weighted by Gasteiger charge is 2.17. The summed E-state index contributed by atoms with van der Waals surface area (Å²) >= 11 is 0. The minimum atomic E-state index is 0.616. The van der Waals surface area contributed by atoms with E-state index in [9.17, 15) is 0 Å². The molecular weight excluding hydrogens is 356 g/mol. The van der Waals surface area contributed by atoms with Gasteiger partial charge in [0, 0.05) is 23.4 Å². The van der Waals surface area contributed by atoms with E-state index in [1.165, 1.54) is 24.0 Å². The molecule has 0 radical (unpaired) electrons. The van der Waals surface area contributed by atoms with Crippen molar-refractivity contribution in [2.45, 2.75) is 38.5 Å². The first kappa shape index (κ1) is 18.7. The number of nitriles is 1. The molecule has 0 atom stereocenters. The summed E-state index contributed by atoms with van der Waals surface area (Å²) in [5.74, 6) is 3.28. The van der Waals surface area contributed by atoms with Gasteiger partial charge >= 0.3 is 0 Å². The van der Waals surface area contributed by atoms with Crippen LogP contribution in [0.25, 0.3) is 0 Å². The topological polar surface area (TPSA) is 61.6 Å². The molecule has 0 saturated carbocycles. The number of aromatic nitrogens is 2. The first-order valence-electron chi connectivity index (χ1n) is 9.96. The summed E-state index contributed by atoms with van der Waals surface area (Å²) in [5.41, 5.74) is 7.13. The van der Waals surface area contributed by atoms with Gasteiger partial charge in [0.2, 0.25) is 5.95 Å². The van der Waals surface area contributed by atoms with Crippen molar-refractivity contribution in [2.24, 2.45) is 0 Å².